The zero-order valence-electron chi connectivity index (χ0n) is 11.6. The third-order valence-corrected chi connectivity index (χ3v) is 5.88. The predicted octanol–water partition coefficient (Wildman–Crippen LogP) is 5.65. The molecule has 0 bridgehead atoms. The summed E-state index contributed by atoms with van der Waals surface area (Å²) in [5, 5.41) is 0.603. The number of carbonyl (C=O) groups is 1. The number of rotatable bonds is 3. The largest absolute Gasteiger partial charge is 0.311 e. The van der Waals surface area contributed by atoms with Gasteiger partial charge in [0, 0.05) is 6.54 Å². The van der Waals surface area contributed by atoms with Gasteiger partial charge in [-0.2, -0.15) is 4.99 Å². The summed E-state index contributed by atoms with van der Waals surface area (Å²) in [7, 11) is 0. The number of benzene rings is 1. The number of halogens is 3. The van der Waals surface area contributed by atoms with E-state index >= 15 is 0 Å². The van der Waals surface area contributed by atoms with Gasteiger partial charge in [0.05, 0.1) is 25.1 Å². The van der Waals surface area contributed by atoms with Crippen molar-refractivity contribution in [1.82, 2.24) is 4.57 Å². The van der Waals surface area contributed by atoms with Gasteiger partial charge in [-0.15, -0.1) is 17.9 Å². The average molecular weight is 404 g/mol. The molecule has 3 nitrogen and oxygen atoms in total. The highest BCUT2D eigenvalue weighted by atomic mass is 35.5. The van der Waals surface area contributed by atoms with Gasteiger partial charge in [0.15, 0.2) is 4.80 Å². The van der Waals surface area contributed by atoms with Crippen LogP contribution in [0.4, 0.5) is 0 Å². The molecule has 1 aromatic carbocycles. The van der Waals surface area contributed by atoms with Crippen molar-refractivity contribution in [1.29, 1.82) is 0 Å². The minimum atomic E-state index is -0.432. The van der Waals surface area contributed by atoms with Crippen molar-refractivity contribution in [3.63, 3.8) is 0 Å². The summed E-state index contributed by atoms with van der Waals surface area (Å²) in [6.07, 6.45) is 1.73. The summed E-state index contributed by atoms with van der Waals surface area (Å²) in [4.78, 5) is 17.1. The van der Waals surface area contributed by atoms with Gasteiger partial charge in [0.2, 0.25) is 0 Å². The lowest BCUT2D eigenvalue weighted by Gasteiger charge is -2.02. The van der Waals surface area contributed by atoms with Gasteiger partial charge >= 0.3 is 0 Å². The third-order valence-electron chi connectivity index (χ3n) is 3.05. The first kappa shape index (κ1) is 16.7. The molecule has 0 fully saturated rings. The second kappa shape index (κ2) is 6.79. The minimum Gasteiger partial charge on any atom is -0.311 e. The van der Waals surface area contributed by atoms with Crippen molar-refractivity contribution in [3.8, 4) is 0 Å². The summed E-state index contributed by atoms with van der Waals surface area (Å²) in [6.45, 7) is 4.24. The van der Waals surface area contributed by atoms with Crippen LogP contribution in [0.1, 0.15) is 10.4 Å². The van der Waals surface area contributed by atoms with Crippen molar-refractivity contribution in [2.24, 2.45) is 4.99 Å². The van der Waals surface area contributed by atoms with Gasteiger partial charge in [-0.05, 0) is 18.2 Å². The first-order chi connectivity index (χ1) is 11.0. The maximum atomic E-state index is 12.4. The number of amides is 1. The van der Waals surface area contributed by atoms with E-state index in [2.05, 4.69) is 11.6 Å². The van der Waals surface area contributed by atoms with Crippen molar-refractivity contribution in [2.45, 2.75) is 6.54 Å². The maximum Gasteiger partial charge on any atom is 0.282 e. The molecule has 0 atom stereocenters. The summed E-state index contributed by atoms with van der Waals surface area (Å²) in [5.74, 6) is -0.432. The van der Waals surface area contributed by atoms with Crippen LogP contribution < -0.4 is 4.80 Å². The first-order valence-electron chi connectivity index (χ1n) is 6.44. The molecule has 0 saturated carbocycles. The van der Waals surface area contributed by atoms with Crippen LogP contribution in [-0.4, -0.2) is 10.5 Å². The lowest BCUT2D eigenvalue weighted by Crippen LogP contribution is -2.16. The molecule has 0 aliphatic rings. The summed E-state index contributed by atoms with van der Waals surface area (Å²) >= 11 is 20.7. The molecule has 0 aliphatic heterocycles. The van der Waals surface area contributed by atoms with E-state index in [1.165, 1.54) is 17.4 Å². The molecule has 0 radical (unpaired) electrons. The predicted molar refractivity (Wildman–Crippen MR) is 99.3 cm³/mol. The molecule has 0 saturated heterocycles. The Kier molecular flexibility index (Phi) is 4.94. The van der Waals surface area contributed by atoms with E-state index in [4.69, 9.17) is 34.8 Å². The van der Waals surface area contributed by atoms with E-state index in [0.29, 0.717) is 30.6 Å². The van der Waals surface area contributed by atoms with Crippen LogP contribution in [0.5, 0.6) is 0 Å². The molecule has 0 N–H and O–H groups in total. The molecule has 3 rings (SSSR count). The number of thiazole rings is 1. The van der Waals surface area contributed by atoms with Crippen molar-refractivity contribution >= 4 is 73.6 Å². The highest BCUT2D eigenvalue weighted by Gasteiger charge is 2.15. The van der Waals surface area contributed by atoms with Gasteiger partial charge in [-0.3, -0.25) is 4.79 Å². The highest BCUT2D eigenvalue weighted by molar-refractivity contribution is 7.20. The fourth-order valence-electron chi connectivity index (χ4n) is 2.10. The lowest BCUT2D eigenvalue weighted by molar-refractivity contribution is 0.0998. The number of aromatic nitrogens is 1. The number of hydrogen-bond donors (Lipinski definition) is 0. The zero-order valence-corrected chi connectivity index (χ0v) is 15.5. The van der Waals surface area contributed by atoms with E-state index in [1.807, 2.05) is 16.7 Å². The van der Waals surface area contributed by atoms with Gasteiger partial charge in [0.1, 0.15) is 4.34 Å². The Hall–Kier alpha value is -1.11. The summed E-state index contributed by atoms with van der Waals surface area (Å²) in [5.41, 5.74) is 1.13. The number of carbonyl (C=O) groups excluding carboxylic acids is 1. The van der Waals surface area contributed by atoms with E-state index in [-0.39, 0.29) is 0 Å². The summed E-state index contributed by atoms with van der Waals surface area (Å²) in [6, 6.07) is 7.12. The maximum absolute atomic E-state index is 12.4. The Morgan fingerprint density at radius 3 is 2.74 bits per heavy atom. The minimum absolute atomic E-state index is 0.301. The molecule has 1 amide bonds. The second-order valence-corrected chi connectivity index (χ2v) is 8.23. The highest BCUT2D eigenvalue weighted by Crippen LogP contribution is 2.31. The SMILES string of the molecule is C=CCn1c(=NC(=O)c2cc(Cl)sc2Cl)sc2cccc(Cl)c21. The van der Waals surface area contributed by atoms with Gasteiger partial charge in [-0.25, -0.2) is 0 Å². The monoisotopic (exact) mass is 402 g/mol. The van der Waals surface area contributed by atoms with Crippen LogP contribution >= 0.6 is 57.5 Å². The van der Waals surface area contributed by atoms with Crippen LogP contribution in [0.25, 0.3) is 10.2 Å². The van der Waals surface area contributed by atoms with Crippen molar-refractivity contribution in [2.75, 3.05) is 0 Å². The van der Waals surface area contributed by atoms with E-state index < -0.39 is 5.91 Å². The van der Waals surface area contributed by atoms with E-state index in [9.17, 15) is 4.79 Å². The first-order valence-corrected chi connectivity index (χ1v) is 9.20. The lowest BCUT2D eigenvalue weighted by atomic mass is 10.3. The molecule has 23 heavy (non-hydrogen) atoms. The van der Waals surface area contributed by atoms with E-state index in [0.717, 1.165) is 21.6 Å². The molecule has 2 aromatic heterocycles. The number of allylic oxidation sites excluding steroid dienone is 1. The molecule has 3 aromatic rings. The molecular weight excluding hydrogens is 395 g/mol. The smallest absolute Gasteiger partial charge is 0.282 e. The Labute approximate surface area is 155 Å². The van der Waals surface area contributed by atoms with Gasteiger partial charge in [-0.1, -0.05) is 58.3 Å². The molecule has 0 spiro atoms. The second-order valence-electron chi connectivity index (χ2n) is 4.53. The number of nitrogens with zero attached hydrogens (tertiary/aromatic N) is 2. The van der Waals surface area contributed by atoms with Crippen LogP contribution in [0.3, 0.4) is 0 Å². The van der Waals surface area contributed by atoms with E-state index in [1.54, 1.807) is 12.1 Å². The van der Waals surface area contributed by atoms with Crippen LogP contribution in [0, 0.1) is 0 Å². The summed E-state index contributed by atoms with van der Waals surface area (Å²) < 4.78 is 3.58. The molecule has 0 aliphatic carbocycles. The van der Waals surface area contributed by atoms with Gasteiger partial charge < -0.3 is 4.57 Å². The van der Waals surface area contributed by atoms with Crippen molar-refractivity contribution < 1.29 is 4.79 Å². The molecule has 118 valence electrons. The van der Waals surface area contributed by atoms with Gasteiger partial charge in [0.25, 0.3) is 5.91 Å². The quantitative estimate of drug-likeness (QED) is 0.520. The number of hydrogen-bond acceptors (Lipinski definition) is 3. The number of para-hydroxylation sites is 1. The zero-order chi connectivity index (χ0) is 16.6. The fourth-order valence-corrected chi connectivity index (χ4v) is 4.95. The topological polar surface area (TPSA) is 34.4 Å². The molecular formula is C15H9Cl3N2OS2. The molecule has 8 heteroatoms. The Morgan fingerprint density at radius 1 is 1.30 bits per heavy atom. The third kappa shape index (κ3) is 3.25. The fraction of sp³-hybridized carbons (Fsp3) is 0.0667. The van der Waals surface area contributed by atoms with Crippen LogP contribution in [-0.2, 0) is 6.54 Å². The standard InChI is InChI=1S/C15H9Cl3N2OS2/c1-2-6-20-12-9(16)4-3-5-10(12)22-15(20)19-14(21)8-7-11(17)23-13(8)18/h2-5,7H,1,6H2. The Balaban J connectivity index is 2.20. The molecule has 2 heterocycles. The Morgan fingerprint density at radius 2 is 2.09 bits per heavy atom. The normalized spacial score (nSPS) is 12.0. The van der Waals surface area contributed by atoms with Crippen LogP contribution in [0.2, 0.25) is 13.7 Å². The molecule has 0 unspecified atom stereocenters. The number of thiophene rings is 1. The number of fused-ring (bicyclic) bond motifs is 1. The Bertz CT molecular complexity index is 984. The van der Waals surface area contributed by atoms with Crippen molar-refractivity contribution in [3.05, 3.63) is 61.0 Å². The average Bonchev–Trinajstić information content (AvgIpc) is 3.01. The van der Waals surface area contributed by atoms with Crippen LogP contribution in [0.15, 0.2) is 41.9 Å².